The maximum Gasteiger partial charge on any atom is 0.0672 e. The van der Waals surface area contributed by atoms with Crippen molar-refractivity contribution in [1.82, 2.24) is 10.0 Å². The lowest BCUT2D eigenvalue weighted by atomic mass is 10.2. The second-order valence-electron chi connectivity index (χ2n) is 3.49. The van der Waals surface area contributed by atoms with Crippen LogP contribution in [-0.4, -0.2) is 49.9 Å². The lowest BCUT2D eigenvalue weighted by Crippen LogP contribution is -2.51. The number of morpholine rings is 1. The smallest absolute Gasteiger partial charge is 0.0672 e. The molecule has 1 heterocycles. The summed E-state index contributed by atoms with van der Waals surface area (Å²) in [6, 6.07) is 0.420. The number of hydrazine groups is 1. The van der Waals surface area contributed by atoms with Gasteiger partial charge in [-0.3, -0.25) is 0 Å². The average Bonchev–Trinajstić information content (AvgIpc) is 2.15. The molecule has 0 amide bonds. The predicted molar refractivity (Wildman–Crippen MR) is 54.4 cm³/mol. The summed E-state index contributed by atoms with van der Waals surface area (Å²) in [5, 5.41) is 4.48. The summed E-state index contributed by atoms with van der Waals surface area (Å²) in [7, 11) is 4.16. The number of ether oxygens (including phenoxy) is 1. The first-order chi connectivity index (χ1) is 6.25. The van der Waals surface area contributed by atoms with Crippen LogP contribution in [0.3, 0.4) is 0 Å². The van der Waals surface area contributed by atoms with E-state index in [1.54, 1.807) is 0 Å². The molecule has 76 valence electrons. The lowest BCUT2D eigenvalue weighted by Gasteiger charge is -2.38. The summed E-state index contributed by atoms with van der Waals surface area (Å²) in [5.41, 5.74) is 0. The molecule has 0 radical (unpaired) electrons. The Hall–Kier alpha value is -0.380. The van der Waals surface area contributed by atoms with Crippen LogP contribution in [-0.2, 0) is 4.74 Å². The van der Waals surface area contributed by atoms with E-state index in [1.807, 2.05) is 0 Å². The summed E-state index contributed by atoms with van der Waals surface area (Å²) >= 11 is 0. The van der Waals surface area contributed by atoms with E-state index in [1.165, 1.54) is 0 Å². The van der Waals surface area contributed by atoms with Gasteiger partial charge in [-0.1, -0.05) is 19.1 Å². The molecule has 0 aromatic carbocycles. The zero-order valence-electron chi connectivity index (χ0n) is 8.86. The highest BCUT2D eigenvalue weighted by atomic mass is 16.5. The van der Waals surface area contributed by atoms with Crippen molar-refractivity contribution in [1.29, 1.82) is 0 Å². The SMILES string of the molecule is CCC=CC1COCCN1N(C)C. The molecule has 0 aliphatic carbocycles. The zero-order valence-corrected chi connectivity index (χ0v) is 8.86. The summed E-state index contributed by atoms with van der Waals surface area (Å²) in [4.78, 5) is 0. The minimum Gasteiger partial charge on any atom is -0.378 e. The Kier molecular flexibility index (Phi) is 4.42. The molecule has 3 heteroatoms. The first-order valence-electron chi connectivity index (χ1n) is 4.94. The van der Waals surface area contributed by atoms with E-state index in [-0.39, 0.29) is 0 Å². The number of rotatable bonds is 3. The highest BCUT2D eigenvalue weighted by molar-refractivity contribution is 4.94. The molecule has 0 aromatic rings. The van der Waals surface area contributed by atoms with Crippen molar-refractivity contribution in [2.24, 2.45) is 0 Å². The Morgan fingerprint density at radius 1 is 1.54 bits per heavy atom. The van der Waals surface area contributed by atoms with Crippen molar-refractivity contribution in [2.45, 2.75) is 19.4 Å². The zero-order chi connectivity index (χ0) is 9.68. The van der Waals surface area contributed by atoms with E-state index in [0.29, 0.717) is 6.04 Å². The molecular weight excluding hydrogens is 164 g/mol. The molecule has 1 atom stereocenters. The first kappa shape index (κ1) is 10.7. The summed E-state index contributed by atoms with van der Waals surface area (Å²) in [6.07, 6.45) is 5.53. The van der Waals surface area contributed by atoms with Crippen LogP contribution in [0.1, 0.15) is 13.3 Å². The predicted octanol–water partition coefficient (Wildman–Crippen LogP) is 1.13. The number of nitrogens with zero attached hydrogens (tertiary/aromatic N) is 2. The molecule has 0 aromatic heterocycles. The molecule has 0 saturated carbocycles. The summed E-state index contributed by atoms with van der Waals surface area (Å²) in [5.74, 6) is 0. The van der Waals surface area contributed by atoms with Gasteiger partial charge in [-0.15, -0.1) is 0 Å². The minimum atomic E-state index is 0.420. The molecule has 0 bridgehead atoms. The largest absolute Gasteiger partial charge is 0.378 e. The van der Waals surface area contributed by atoms with E-state index in [4.69, 9.17) is 4.74 Å². The maximum absolute atomic E-state index is 5.44. The Labute approximate surface area is 80.9 Å². The second-order valence-corrected chi connectivity index (χ2v) is 3.49. The van der Waals surface area contributed by atoms with Crippen LogP contribution >= 0.6 is 0 Å². The third-order valence-electron chi connectivity index (χ3n) is 2.24. The molecule has 3 nitrogen and oxygen atoms in total. The van der Waals surface area contributed by atoms with Gasteiger partial charge in [-0.05, 0) is 6.42 Å². The number of hydrogen-bond donors (Lipinski definition) is 0. The van der Waals surface area contributed by atoms with Crippen LogP contribution in [0.2, 0.25) is 0 Å². The van der Waals surface area contributed by atoms with E-state index in [2.05, 4.69) is 43.2 Å². The topological polar surface area (TPSA) is 15.7 Å². The normalized spacial score (nSPS) is 26.0. The molecule has 1 fully saturated rings. The van der Waals surface area contributed by atoms with Crippen LogP contribution in [0, 0.1) is 0 Å². The molecule has 0 spiro atoms. The highest BCUT2D eigenvalue weighted by Gasteiger charge is 2.21. The van der Waals surface area contributed by atoms with E-state index in [0.717, 1.165) is 26.2 Å². The van der Waals surface area contributed by atoms with E-state index < -0.39 is 0 Å². The van der Waals surface area contributed by atoms with E-state index >= 15 is 0 Å². The minimum absolute atomic E-state index is 0.420. The Morgan fingerprint density at radius 2 is 2.31 bits per heavy atom. The standard InChI is InChI=1S/C10H20N2O/c1-4-5-6-10-9-13-8-7-12(10)11(2)3/h5-6,10H,4,7-9H2,1-3H3. The lowest BCUT2D eigenvalue weighted by molar-refractivity contribution is -0.0884. The van der Waals surface area contributed by atoms with Crippen LogP contribution in [0.5, 0.6) is 0 Å². The fourth-order valence-electron chi connectivity index (χ4n) is 1.56. The molecule has 13 heavy (non-hydrogen) atoms. The molecule has 1 rings (SSSR count). The summed E-state index contributed by atoms with van der Waals surface area (Å²) < 4.78 is 5.44. The van der Waals surface area contributed by atoms with Crippen molar-refractivity contribution >= 4 is 0 Å². The molecule has 0 N–H and O–H groups in total. The Balaban J connectivity index is 2.51. The molecule has 1 saturated heterocycles. The van der Waals surface area contributed by atoms with Gasteiger partial charge in [0.2, 0.25) is 0 Å². The van der Waals surface area contributed by atoms with Crippen molar-refractivity contribution in [3.63, 3.8) is 0 Å². The van der Waals surface area contributed by atoms with Gasteiger partial charge in [-0.25, -0.2) is 10.0 Å². The molecule has 1 aliphatic rings. The van der Waals surface area contributed by atoms with Gasteiger partial charge in [0.05, 0.1) is 19.3 Å². The van der Waals surface area contributed by atoms with Crippen LogP contribution < -0.4 is 0 Å². The maximum atomic E-state index is 5.44. The van der Waals surface area contributed by atoms with Gasteiger partial charge in [0.1, 0.15) is 0 Å². The Bertz CT molecular complexity index is 168. The average molecular weight is 184 g/mol. The fourth-order valence-corrected chi connectivity index (χ4v) is 1.56. The van der Waals surface area contributed by atoms with Gasteiger partial charge in [0.15, 0.2) is 0 Å². The fraction of sp³-hybridized carbons (Fsp3) is 0.800. The second kappa shape index (κ2) is 5.37. The van der Waals surface area contributed by atoms with Gasteiger partial charge in [-0.2, -0.15) is 0 Å². The van der Waals surface area contributed by atoms with Crippen molar-refractivity contribution < 1.29 is 4.74 Å². The van der Waals surface area contributed by atoms with Crippen molar-refractivity contribution in [3.8, 4) is 0 Å². The Morgan fingerprint density at radius 3 is 2.92 bits per heavy atom. The van der Waals surface area contributed by atoms with Crippen molar-refractivity contribution in [3.05, 3.63) is 12.2 Å². The van der Waals surface area contributed by atoms with Crippen LogP contribution in [0.25, 0.3) is 0 Å². The molecular formula is C10H20N2O. The van der Waals surface area contributed by atoms with Gasteiger partial charge < -0.3 is 4.74 Å². The summed E-state index contributed by atoms with van der Waals surface area (Å²) in [6.45, 7) is 4.80. The molecule has 1 unspecified atom stereocenters. The quantitative estimate of drug-likeness (QED) is 0.612. The van der Waals surface area contributed by atoms with E-state index in [9.17, 15) is 0 Å². The van der Waals surface area contributed by atoms with Crippen LogP contribution in [0.4, 0.5) is 0 Å². The van der Waals surface area contributed by atoms with Crippen molar-refractivity contribution in [2.75, 3.05) is 33.9 Å². The molecule has 1 aliphatic heterocycles. The third kappa shape index (κ3) is 3.10. The van der Waals surface area contributed by atoms with Gasteiger partial charge in [0, 0.05) is 20.6 Å². The van der Waals surface area contributed by atoms with Gasteiger partial charge >= 0.3 is 0 Å². The van der Waals surface area contributed by atoms with Crippen LogP contribution in [0.15, 0.2) is 12.2 Å². The third-order valence-corrected chi connectivity index (χ3v) is 2.24. The highest BCUT2D eigenvalue weighted by Crippen LogP contribution is 2.09. The van der Waals surface area contributed by atoms with Gasteiger partial charge in [0.25, 0.3) is 0 Å². The monoisotopic (exact) mass is 184 g/mol. The number of hydrogen-bond acceptors (Lipinski definition) is 3. The first-order valence-corrected chi connectivity index (χ1v) is 4.94. The number of allylic oxidation sites excluding steroid dienone is 1.